The van der Waals surface area contributed by atoms with Crippen molar-refractivity contribution in [2.45, 2.75) is 38.3 Å². The van der Waals surface area contributed by atoms with E-state index < -0.39 is 10.0 Å². The smallest absolute Gasteiger partial charge is 0.242 e. The van der Waals surface area contributed by atoms with Gasteiger partial charge in [-0.05, 0) is 49.2 Å². The molecule has 0 aliphatic heterocycles. The molecule has 3 aromatic rings. The number of nitrogens with one attached hydrogen (secondary N) is 1. The normalized spacial score (nSPS) is 12.1. The molecule has 1 aromatic heterocycles. The molecule has 28 heavy (non-hydrogen) atoms. The molecular formula is C20H25ClN4O2S. The zero-order valence-electron chi connectivity index (χ0n) is 16.5. The minimum atomic E-state index is -3.50. The van der Waals surface area contributed by atoms with Crippen molar-refractivity contribution in [3.63, 3.8) is 0 Å². The third-order valence-corrected chi connectivity index (χ3v) is 6.71. The Hall–Kier alpha value is -2.09. The van der Waals surface area contributed by atoms with E-state index in [-0.39, 0.29) is 4.90 Å². The molecule has 0 amide bonds. The van der Waals surface area contributed by atoms with Crippen LogP contribution >= 0.6 is 11.6 Å². The molecule has 0 fully saturated rings. The fourth-order valence-electron chi connectivity index (χ4n) is 3.08. The van der Waals surface area contributed by atoms with Crippen LogP contribution in [0, 0.1) is 6.92 Å². The number of aryl methyl sites for hydroxylation is 2. The molecule has 0 aliphatic carbocycles. The van der Waals surface area contributed by atoms with Crippen molar-refractivity contribution in [1.82, 2.24) is 13.9 Å². The number of benzene rings is 2. The van der Waals surface area contributed by atoms with Gasteiger partial charge in [-0.3, -0.25) is 0 Å². The number of halogens is 1. The van der Waals surface area contributed by atoms with Gasteiger partial charge < -0.3 is 9.88 Å². The zero-order chi connectivity index (χ0) is 20.5. The van der Waals surface area contributed by atoms with Gasteiger partial charge in [0.25, 0.3) is 0 Å². The standard InChI is InChI=1S/C20H25ClN4O2S/c1-5-10-25-19-9-7-15(28(26,27)24(3)4)12-18(19)23-20(25)13-22-17-8-6-14(2)11-16(17)21/h6-9,11-12,22H,5,10,13H2,1-4H3. The lowest BCUT2D eigenvalue weighted by atomic mass is 10.2. The number of hydrogen-bond acceptors (Lipinski definition) is 4. The Labute approximate surface area is 171 Å². The molecule has 0 saturated heterocycles. The average Bonchev–Trinajstić information content (AvgIpc) is 2.98. The summed E-state index contributed by atoms with van der Waals surface area (Å²) >= 11 is 6.31. The topological polar surface area (TPSA) is 67.2 Å². The number of hydrogen-bond donors (Lipinski definition) is 1. The van der Waals surface area contributed by atoms with E-state index in [4.69, 9.17) is 16.6 Å². The summed E-state index contributed by atoms with van der Waals surface area (Å²) in [5, 5.41) is 4.00. The van der Waals surface area contributed by atoms with Crippen LogP contribution in [0.2, 0.25) is 5.02 Å². The van der Waals surface area contributed by atoms with Gasteiger partial charge in [-0.1, -0.05) is 24.6 Å². The van der Waals surface area contributed by atoms with E-state index in [1.807, 2.05) is 31.2 Å². The van der Waals surface area contributed by atoms with Gasteiger partial charge in [0.2, 0.25) is 10.0 Å². The number of sulfonamides is 1. The number of nitrogens with zero attached hydrogens (tertiary/aromatic N) is 3. The molecule has 1 heterocycles. The van der Waals surface area contributed by atoms with E-state index in [1.54, 1.807) is 12.1 Å². The van der Waals surface area contributed by atoms with Gasteiger partial charge in [-0.25, -0.2) is 17.7 Å². The number of anilines is 1. The second-order valence-electron chi connectivity index (χ2n) is 6.95. The lowest BCUT2D eigenvalue weighted by Gasteiger charge is -2.12. The van der Waals surface area contributed by atoms with Crippen molar-refractivity contribution in [1.29, 1.82) is 0 Å². The summed E-state index contributed by atoms with van der Waals surface area (Å²) in [6.45, 7) is 5.39. The maximum atomic E-state index is 12.4. The van der Waals surface area contributed by atoms with Crippen LogP contribution in [0.25, 0.3) is 11.0 Å². The maximum Gasteiger partial charge on any atom is 0.242 e. The Kier molecular flexibility index (Phi) is 5.98. The molecule has 0 aliphatic rings. The molecule has 1 N–H and O–H groups in total. The van der Waals surface area contributed by atoms with Crippen molar-refractivity contribution in [3.05, 3.63) is 52.8 Å². The average molecular weight is 421 g/mol. The van der Waals surface area contributed by atoms with Gasteiger partial charge in [0.05, 0.1) is 33.2 Å². The molecule has 3 rings (SSSR count). The monoisotopic (exact) mass is 420 g/mol. The van der Waals surface area contributed by atoms with E-state index >= 15 is 0 Å². The first-order valence-electron chi connectivity index (χ1n) is 9.15. The molecule has 0 saturated carbocycles. The highest BCUT2D eigenvalue weighted by molar-refractivity contribution is 7.89. The van der Waals surface area contributed by atoms with Crippen LogP contribution in [0.5, 0.6) is 0 Å². The highest BCUT2D eigenvalue weighted by Gasteiger charge is 2.19. The fraction of sp³-hybridized carbons (Fsp3) is 0.350. The van der Waals surface area contributed by atoms with Crippen LogP contribution in [-0.2, 0) is 23.1 Å². The Balaban J connectivity index is 1.98. The first kappa shape index (κ1) is 20.6. The number of rotatable bonds is 7. The Bertz CT molecular complexity index is 1110. The quantitative estimate of drug-likeness (QED) is 0.619. The van der Waals surface area contributed by atoms with Crippen LogP contribution in [-0.4, -0.2) is 36.4 Å². The highest BCUT2D eigenvalue weighted by Crippen LogP contribution is 2.25. The highest BCUT2D eigenvalue weighted by atomic mass is 35.5. The van der Waals surface area contributed by atoms with Crippen molar-refractivity contribution < 1.29 is 8.42 Å². The second-order valence-corrected chi connectivity index (χ2v) is 9.51. The van der Waals surface area contributed by atoms with Crippen LogP contribution in [0.1, 0.15) is 24.7 Å². The van der Waals surface area contributed by atoms with Gasteiger partial charge in [0.1, 0.15) is 5.82 Å². The second kappa shape index (κ2) is 8.11. The Morgan fingerprint density at radius 2 is 1.93 bits per heavy atom. The number of aromatic nitrogens is 2. The largest absolute Gasteiger partial charge is 0.377 e. The summed E-state index contributed by atoms with van der Waals surface area (Å²) < 4.78 is 28.2. The van der Waals surface area contributed by atoms with Crippen molar-refractivity contribution in [2.75, 3.05) is 19.4 Å². The van der Waals surface area contributed by atoms with Gasteiger partial charge in [-0.15, -0.1) is 0 Å². The minimum Gasteiger partial charge on any atom is -0.377 e. The molecule has 0 radical (unpaired) electrons. The Morgan fingerprint density at radius 3 is 2.57 bits per heavy atom. The first-order chi connectivity index (χ1) is 13.2. The Morgan fingerprint density at radius 1 is 1.18 bits per heavy atom. The lowest BCUT2D eigenvalue weighted by molar-refractivity contribution is 0.521. The molecule has 0 unspecified atom stereocenters. The molecule has 0 bridgehead atoms. The lowest BCUT2D eigenvalue weighted by Crippen LogP contribution is -2.22. The molecule has 0 atom stereocenters. The minimum absolute atomic E-state index is 0.243. The molecular weight excluding hydrogens is 396 g/mol. The van der Waals surface area contributed by atoms with E-state index in [2.05, 4.69) is 16.8 Å². The molecule has 150 valence electrons. The molecule has 8 heteroatoms. The van der Waals surface area contributed by atoms with Gasteiger partial charge >= 0.3 is 0 Å². The first-order valence-corrected chi connectivity index (χ1v) is 11.0. The maximum absolute atomic E-state index is 12.4. The predicted octanol–water partition coefficient (Wildman–Crippen LogP) is 4.27. The zero-order valence-corrected chi connectivity index (χ0v) is 18.1. The van der Waals surface area contributed by atoms with Gasteiger partial charge in [0.15, 0.2) is 0 Å². The van der Waals surface area contributed by atoms with Crippen molar-refractivity contribution in [3.8, 4) is 0 Å². The number of imidazole rings is 1. The third kappa shape index (κ3) is 4.01. The predicted molar refractivity (Wildman–Crippen MR) is 114 cm³/mol. The van der Waals surface area contributed by atoms with Crippen LogP contribution in [0.4, 0.5) is 5.69 Å². The summed E-state index contributed by atoms with van der Waals surface area (Å²) in [6, 6.07) is 11.0. The van der Waals surface area contributed by atoms with Gasteiger partial charge in [0, 0.05) is 20.6 Å². The van der Waals surface area contributed by atoms with Crippen molar-refractivity contribution in [2.24, 2.45) is 0 Å². The van der Waals surface area contributed by atoms with E-state index in [0.717, 1.165) is 35.6 Å². The summed E-state index contributed by atoms with van der Waals surface area (Å²) in [5.41, 5.74) is 3.54. The van der Waals surface area contributed by atoms with Crippen LogP contribution in [0.3, 0.4) is 0 Å². The number of fused-ring (bicyclic) bond motifs is 1. The van der Waals surface area contributed by atoms with Crippen LogP contribution in [0.15, 0.2) is 41.3 Å². The molecule has 0 spiro atoms. The molecule has 6 nitrogen and oxygen atoms in total. The SMILES string of the molecule is CCCn1c(CNc2ccc(C)cc2Cl)nc2cc(S(=O)(=O)N(C)C)ccc21. The fourth-order valence-corrected chi connectivity index (χ4v) is 4.30. The summed E-state index contributed by atoms with van der Waals surface area (Å²) in [4.78, 5) is 4.94. The van der Waals surface area contributed by atoms with E-state index in [0.29, 0.717) is 17.1 Å². The van der Waals surface area contributed by atoms with Crippen LogP contribution < -0.4 is 5.32 Å². The third-order valence-electron chi connectivity index (χ3n) is 4.59. The van der Waals surface area contributed by atoms with E-state index in [9.17, 15) is 8.42 Å². The summed E-state index contributed by atoms with van der Waals surface area (Å²) in [6.07, 6.45) is 0.946. The molecule has 2 aromatic carbocycles. The van der Waals surface area contributed by atoms with Gasteiger partial charge in [-0.2, -0.15) is 0 Å². The van der Waals surface area contributed by atoms with E-state index in [1.165, 1.54) is 18.4 Å². The summed E-state index contributed by atoms with van der Waals surface area (Å²) in [7, 11) is -0.451. The summed E-state index contributed by atoms with van der Waals surface area (Å²) in [5.74, 6) is 0.841. The van der Waals surface area contributed by atoms with Crippen molar-refractivity contribution >= 4 is 38.3 Å².